The van der Waals surface area contributed by atoms with Crippen LogP contribution in [0.1, 0.15) is 54.1 Å². The molecule has 0 aliphatic heterocycles. The van der Waals surface area contributed by atoms with Crippen molar-refractivity contribution in [2.45, 2.75) is 10.8 Å². The highest BCUT2D eigenvalue weighted by Crippen LogP contribution is 2.68. The minimum Gasteiger partial charge on any atom is -0.296 e. The second kappa shape index (κ2) is 7.86. The molecule has 2 unspecified atom stereocenters. The van der Waals surface area contributed by atoms with Crippen molar-refractivity contribution >= 4 is 38.9 Å². The van der Waals surface area contributed by atoms with Crippen LogP contribution in [0.4, 0.5) is 0 Å². The van der Waals surface area contributed by atoms with Gasteiger partial charge in [-0.15, -0.1) is 0 Å². The molecule has 0 radical (unpaired) electrons. The van der Waals surface area contributed by atoms with E-state index in [9.17, 15) is 9.59 Å². The smallest absolute Gasteiger partial charge is 0.186 e. The lowest BCUT2D eigenvalue weighted by Gasteiger charge is -2.35. The van der Waals surface area contributed by atoms with E-state index in [2.05, 4.69) is 24.3 Å². The van der Waals surface area contributed by atoms with E-state index in [1.165, 1.54) is 12.2 Å². The van der Waals surface area contributed by atoms with Gasteiger partial charge in [-0.25, -0.2) is 0 Å². The normalized spacial score (nSPS) is 21.6. The average molecular weight is 539 g/mol. The molecular formula is C39H22O3. The van der Waals surface area contributed by atoms with Gasteiger partial charge in [0.2, 0.25) is 0 Å². The number of benzene rings is 6. The highest BCUT2D eigenvalue weighted by molar-refractivity contribution is 6.28. The topological polar surface area (TPSA) is 51.2 Å². The quantitative estimate of drug-likeness (QED) is 0.215. The highest BCUT2D eigenvalue weighted by atomic mass is 16.1. The van der Waals surface area contributed by atoms with Crippen molar-refractivity contribution < 1.29 is 14.4 Å². The SMILES string of the molecule is O=C1C=CC(=O)c2cc3c(cc21)C1(c2ccccc2)C(=O)C3(c2ccccc2)c2c1c1ccccc1c1ccccc21. The zero-order chi connectivity index (χ0) is 28.2. The summed E-state index contributed by atoms with van der Waals surface area (Å²) in [4.78, 5) is 42.2. The zero-order valence-corrected chi connectivity index (χ0v) is 22.4. The summed E-state index contributed by atoms with van der Waals surface area (Å²) in [5, 5.41) is 4.21. The molecule has 2 atom stereocenters. The number of hydrogen-bond acceptors (Lipinski definition) is 3. The van der Waals surface area contributed by atoms with E-state index in [-0.39, 0.29) is 17.3 Å². The molecular weight excluding hydrogens is 516 g/mol. The summed E-state index contributed by atoms with van der Waals surface area (Å²) in [6.45, 7) is 0. The standard InChI is InChI=1S/C39H22O3/c40-33-19-20-34(41)30-22-32-31(21-29(30)33)38(23-11-3-1-4-12-23)35-27-17-9-7-15-25(27)26-16-8-10-18-28(26)36(35)39(32,37(38)42)24-13-5-2-6-14-24/h1-22H. The Bertz CT molecular complexity index is 2090. The molecule has 0 heterocycles. The fraction of sp³-hybridized carbons (Fsp3) is 0.0513. The molecule has 42 heavy (non-hydrogen) atoms. The van der Waals surface area contributed by atoms with Gasteiger partial charge in [-0.2, -0.15) is 0 Å². The van der Waals surface area contributed by atoms with Crippen LogP contribution in [-0.4, -0.2) is 17.3 Å². The van der Waals surface area contributed by atoms with Crippen LogP contribution in [0.25, 0.3) is 21.5 Å². The maximum atomic E-state index is 15.8. The molecule has 0 spiro atoms. The molecule has 6 aromatic carbocycles. The minimum atomic E-state index is -1.18. The fourth-order valence-electron chi connectivity index (χ4n) is 8.14. The van der Waals surface area contributed by atoms with Gasteiger partial charge in [-0.1, -0.05) is 109 Å². The number of Topliss-reactive ketones (excluding diaryl/α,β-unsaturated/α-hetero) is 1. The van der Waals surface area contributed by atoms with E-state index in [1.54, 1.807) is 0 Å². The maximum Gasteiger partial charge on any atom is 0.186 e. The predicted molar refractivity (Wildman–Crippen MR) is 163 cm³/mol. The van der Waals surface area contributed by atoms with Crippen LogP contribution in [-0.2, 0) is 15.6 Å². The molecule has 6 aromatic rings. The van der Waals surface area contributed by atoms with Crippen molar-refractivity contribution in [3.8, 4) is 0 Å². The summed E-state index contributed by atoms with van der Waals surface area (Å²) in [5.74, 6) is -0.402. The molecule has 3 aliphatic carbocycles. The molecule has 0 fully saturated rings. The summed E-state index contributed by atoms with van der Waals surface area (Å²) >= 11 is 0. The van der Waals surface area contributed by atoms with Crippen LogP contribution in [0.5, 0.6) is 0 Å². The Morgan fingerprint density at radius 1 is 0.405 bits per heavy atom. The van der Waals surface area contributed by atoms with Gasteiger partial charge in [0.1, 0.15) is 10.8 Å². The van der Waals surface area contributed by atoms with E-state index in [0.29, 0.717) is 11.1 Å². The first-order valence-electron chi connectivity index (χ1n) is 14.2. The summed E-state index contributed by atoms with van der Waals surface area (Å²) in [6, 6.07) is 40.2. The summed E-state index contributed by atoms with van der Waals surface area (Å²) < 4.78 is 0. The predicted octanol–water partition coefficient (Wildman–Crippen LogP) is 7.49. The van der Waals surface area contributed by atoms with Gasteiger partial charge in [0.25, 0.3) is 0 Å². The second-order valence-electron chi connectivity index (χ2n) is 11.4. The highest BCUT2D eigenvalue weighted by Gasteiger charge is 2.70. The number of rotatable bonds is 2. The van der Waals surface area contributed by atoms with Crippen LogP contribution >= 0.6 is 0 Å². The van der Waals surface area contributed by atoms with E-state index < -0.39 is 10.8 Å². The van der Waals surface area contributed by atoms with E-state index in [0.717, 1.165) is 54.9 Å². The maximum absolute atomic E-state index is 15.8. The third kappa shape index (κ3) is 2.47. The van der Waals surface area contributed by atoms with Gasteiger partial charge in [-0.3, -0.25) is 14.4 Å². The van der Waals surface area contributed by atoms with Crippen molar-refractivity contribution in [1.82, 2.24) is 0 Å². The first-order valence-corrected chi connectivity index (χ1v) is 14.2. The molecule has 0 saturated carbocycles. The Morgan fingerprint density at radius 3 is 1.17 bits per heavy atom. The van der Waals surface area contributed by atoms with Crippen molar-refractivity contribution in [1.29, 1.82) is 0 Å². The zero-order valence-electron chi connectivity index (χ0n) is 22.4. The molecule has 9 rings (SSSR count). The molecule has 0 saturated heterocycles. The van der Waals surface area contributed by atoms with Gasteiger partial charge in [0.05, 0.1) is 0 Å². The van der Waals surface area contributed by atoms with Gasteiger partial charge in [-0.05, 0) is 79.2 Å². The van der Waals surface area contributed by atoms with Gasteiger partial charge in [0.15, 0.2) is 17.3 Å². The first-order chi connectivity index (χ1) is 20.6. The average Bonchev–Trinajstić information content (AvgIpc) is 3.43. The van der Waals surface area contributed by atoms with E-state index in [1.807, 2.05) is 97.1 Å². The Balaban J connectivity index is 1.60. The van der Waals surface area contributed by atoms with Crippen LogP contribution < -0.4 is 0 Å². The third-order valence-corrected chi connectivity index (χ3v) is 9.66. The lowest BCUT2D eigenvalue weighted by atomic mass is 9.65. The largest absolute Gasteiger partial charge is 0.296 e. The number of carbonyl (C=O) groups is 3. The monoisotopic (exact) mass is 538 g/mol. The minimum absolute atomic E-state index is 0.0362. The molecule has 0 N–H and O–H groups in total. The lowest BCUT2D eigenvalue weighted by Crippen LogP contribution is -2.36. The molecule has 0 amide bonds. The Hall–Kier alpha value is -5.41. The van der Waals surface area contributed by atoms with Crippen molar-refractivity contribution in [3.63, 3.8) is 0 Å². The number of ketones is 3. The summed E-state index contributed by atoms with van der Waals surface area (Å²) in [7, 11) is 0. The van der Waals surface area contributed by atoms with Crippen molar-refractivity contribution in [2.75, 3.05) is 0 Å². The number of allylic oxidation sites excluding steroid dienone is 2. The van der Waals surface area contributed by atoms with Gasteiger partial charge >= 0.3 is 0 Å². The Labute approximate surface area is 241 Å². The van der Waals surface area contributed by atoms with Gasteiger partial charge in [0, 0.05) is 11.1 Å². The Morgan fingerprint density at radius 2 is 0.762 bits per heavy atom. The number of hydrogen-bond donors (Lipinski definition) is 0. The Kier molecular flexibility index (Phi) is 4.36. The molecule has 3 heteroatoms. The molecule has 2 bridgehead atoms. The van der Waals surface area contributed by atoms with E-state index in [4.69, 9.17) is 0 Å². The number of fused-ring (bicyclic) bond motifs is 14. The van der Waals surface area contributed by atoms with Gasteiger partial charge < -0.3 is 0 Å². The van der Waals surface area contributed by atoms with Crippen LogP contribution in [0.15, 0.2) is 133 Å². The molecule has 196 valence electrons. The van der Waals surface area contributed by atoms with Crippen LogP contribution in [0.3, 0.4) is 0 Å². The van der Waals surface area contributed by atoms with Crippen molar-refractivity contribution in [2.24, 2.45) is 0 Å². The second-order valence-corrected chi connectivity index (χ2v) is 11.4. The van der Waals surface area contributed by atoms with Crippen LogP contribution in [0.2, 0.25) is 0 Å². The summed E-state index contributed by atoms with van der Waals surface area (Å²) in [5.41, 5.74) is 3.57. The molecule has 0 aromatic heterocycles. The van der Waals surface area contributed by atoms with E-state index >= 15 is 4.79 Å². The first kappa shape index (κ1) is 23.3. The molecule has 3 aliphatic rings. The molecule has 3 nitrogen and oxygen atoms in total. The van der Waals surface area contributed by atoms with Crippen molar-refractivity contribution in [3.05, 3.63) is 178 Å². The lowest BCUT2D eigenvalue weighted by molar-refractivity contribution is -0.122. The fourth-order valence-corrected chi connectivity index (χ4v) is 8.14. The van der Waals surface area contributed by atoms with Crippen LogP contribution in [0, 0.1) is 0 Å². The number of carbonyl (C=O) groups excluding carboxylic acids is 3. The third-order valence-electron chi connectivity index (χ3n) is 9.66. The summed E-state index contributed by atoms with van der Waals surface area (Å²) in [6.07, 6.45) is 2.68.